The summed E-state index contributed by atoms with van der Waals surface area (Å²) < 4.78 is 59.7. The van der Waals surface area contributed by atoms with Crippen molar-refractivity contribution in [1.82, 2.24) is 4.90 Å². The molecule has 0 bridgehead atoms. The van der Waals surface area contributed by atoms with E-state index in [-0.39, 0.29) is 25.1 Å². The summed E-state index contributed by atoms with van der Waals surface area (Å²) in [5.41, 5.74) is -0.508. The number of hydrogen-bond donors (Lipinski definition) is 1. The highest BCUT2D eigenvalue weighted by Gasteiger charge is 2.30. The van der Waals surface area contributed by atoms with E-state index in [1.807, 2.05) is 0 Å². The predicted molar refractivity (Wildman–Crippen MR) is 83.4 cm³/mol. The molecule has 0 heterocycles. The Kier molecular flexibility index (Phi) is 6.97. The number of alkyl halides is 3. The van der Waals surface area contributed by atoms with Gasteiger partial charge in [0.2, 0.25) is 5.91 Å². The summed E-state index contributed by atoms with van der Waals surface area (Å²) >= 11 is 0. The number of benzene rings is 1. The molecule has 0 aliphatic heterocycles. The predicted octanol–water partition coefficient (Wildman–Crippen LogP) is 1.94. The Labute approximate surface area is 143 Å². The fourth-order valence-electron chi connectivity index (χ4n) is 2.06. The van der Waals surface area contributed by atoms with E-state index in [1.165, 1.54) is 12.1 Å². The Bertz CT molecular complexity index is 714. The molecule has 10 heteroatoms. The molecule has 25 heavy (non-hydrogen) atoms. The van der Waals surface area contributed by atoms with E-state index in [1.54, 1.807) is 0 Å². The summed E-state index contributed by atoms with van der Waals surface area (Å²) in [6.45, 7) is -0.805. The molecule has 0 radical (unpaired) electrons. The Morgan fingerprint density at radius 3 is 2.16 bits per heavy atom. The quantitative estimate of drug-likeness (QED) is 0.743. The minimum absolute atomic E-state index is 0.0425. The van der Waals surface area contributed by atoms with Crippen LogP contribution in [0, 0.1) is 0 Å². The van der Waals surface area contributed by atoms with Gasteiger partial charge in [0.05, 0.1) is 11.3 Å². The van der Waals surface area contributed by atoms with Gasteiger partial charge in [-0.2, -0.15) is 13.2 Å². The average molecular weight is 381 g/mol. The molecule has 0 aliphatic carbocycles. The zero-order chi connectivity index (χ0) is 19.3. The van der Waals surface area contributed by atoms with Crippen molar-refractivity contribution >= 4 is 21.7 Å². The number of halogens is 3. The molecule has 1 aromatic rings. The van der Waals surface area contributed by atoms with Crippen LogP contribution < -0.4 is 0 Å². The van der Waals surface area contributed by atoms with Crippen molar-refractivity contribution in [2.75, 3.05) is 18.6 Å². The van der Waals surface area contributed by atoms with Gasteiger partial charge in [0.25, 0.3) is 0 Å². The highest BCUT2D eigenvalue weighted by Crippen LogP contribution is 2.29. The van der Waals surface area contributed by atoms with Gasteiger partial charge < -0.3 is 10.0 Å². The van der Waals surface area contributed by atoms with Gasteiger partial charge in [0.1, 0.15) is 16.4 Å². The lowest BCUT2D eigenvalue weighted by atomic mass is 10.1. The van der Waals surface area contributed by atoms with Crippen molar-refractivity contribution in [3.8, 4) is 0 Å². The minimum atomic E-state index is -4.49. The van der Waals surface area contributed by atoms with Crippen molar-refractivity contribution in [3.05, 3.63) is 35.4 Å². The number of sulfone groups is 1. The lowest BCUT2D eigenvalue weighted by molar-refractivity contribution is -0.144. The monoisotopic (exact) mass is 381 g/mol. The summed E-state index contributed by atoms with van der Waals surface area (Å²) in [5.74, 6) is -2.06. The highest BCUT2D eigenvalue weighted by atomic mass is 32.2. The van der Waals surface area contributed by atoms with Crippen molar-refractivity contribution < 1.29 is 36.3 Å². The molecule has 0 atom stereocenters. The van der Waals surface area contributed by atoms with Gasteiger partial charge in [-0.3, -0.25) is 9.59 Å². The first-order chi connectivity index (χ1) is 11.4. The number of nitrogens with zero attached hydrogens (tertiary/aromatic N) is 1. The SMILES string of the molecule is CS(=O)(=O)CCCC(=O)N(CC(=O)O)Cc1ccc(C(F)(F)F)cc1. The molecule has 1 aromatic carbocycles. The third-order valence-corrected chi connectivity index (χ3v) is 4.27. The molecule has 0 unspecified atom stereocenters. The number of carboxylic acid groups (broad SMARTS) is 1. The van der Waals surface area contributed by atoms with Crippen LogP contribution in [-0.4, -0.2) is 48.9 Å². The molecule has 140 valence electrons. The van der Waals surface area contributed by atoms with Crippen LogP contribution in [0.4, 0.5) is 13.2 Å². The number of carbonyl (C=O) groups is 2. The summed E-state index contributed by atoms with van der Waals surface area (Å²) in [6.07, 6.45) is -3.59. The maximum atomic E-state index is 12.5. The van der Waals surface area contributed by atoms with E-state index in [2.05, 4.69) is 0 Å². The molecular weight excluding hydrogens is 363 g/mol. The second kappa shape index (κ2) is 8.32. The van der Waals surface area contributed by atoms with Crippen molar-refractivity contribution in [1.29, 1.82) is 0 Å². The van der Waals surface area contributed by atoms with Gasteiger partial charge in [-0.1, -0.05) is 12.1 Å². The van der Waals surface area contributed by atoms with Gasteiger partial charge in [0.15, 0.2) is 0 Å². The fraction of sp³-hybridized carbons (Fsp3) is 0.467. The number of aliphatic carboxylic acids is 1. The summed E-state index contributed by atoms with van der Waals surface area (Å²) in [6, 6.07) is 4.04. The first kappa shape index (κ1) is 20.9. The molecular formula is C15H18F3NO5S. The molecule has 1 rings (SSSR count). The Morgan fingerprint density at radius 1 is 1.16 bits per heavy atom. The average Bonchev–Trinajstić information content (AvgIpc) is 2.44. The molecule has 0 saturated carbocycles. The summed E-state index contributed by atoms with van der Waals surface area (Å²) in [4.78, 5) is 23.9. The Balaban J connectivity index is 2.78. The van der Waals surface area contributed by atoms with Crippen LogP contribution in [0.25, 0.3) is 0 Å². The number of rotatable bonds is 8. The standard InChI is InChI=1S/C15H18F3NO5S/c1-25(23,24)8-2-3-13(20)19(10-14(21)22)9-11-4-6-12(7-5-11)15(16,17)18/h4-7H,2-3,8-10H2,1H3,(H,21,22). The molecule has 1 amide bonds. The maximum absolute atomic E-state index is 12.5. The largest absolute Gasteiger partial charge is 0.480 e. The van der Waals surface area contributed by atoms with Gasteiger partial charge >= 0.3 is 12.1 Å². The molecule has 0 saturated heterocycles. The number of hydrogen-bond acceptors (Lipinski definition) is 4. The van der Waals surface area contributed by atoms with Gasteiger partial charge in [-0.05, 0) is 24.1 Å². The minimum Gasteiger partial charge on any atom is -0.480 e. The second-order valence-electron chi connectivity index (χ2n) is 5.57. The van der Waals surface area contributed by atoms with Crippen LogP contribution in [0.5, 0.6) is 0 Å². The van der Waals surface area contributed by atoms with E-state index < -0.39 is 40.0 Å². The molecule has 0 fully saturated rings. The van der Waals surface area contributed by atoms with Crippen LogP contribution in [0.2, 0.25) is 0 Å². The first-order valence-corrected chi connectivity index (χ1v) is 9.28. The second-order valence-corrected chi connectivity index (χ2v) is 7.83. The smallest absolute Gasteiger partial charge is 0.416 e. The van der Waals surface area contributed by atoms with Crippen LogP contribution in [0.15, 0.2) is 24.3 Å². The molecule has 0 spiro atoms. The topological polar surface area (TPSA) is 91.8 Å². The van der Waals surface area contributed by atoms with E-state index in [4.69, 9.17) is 5.11 Å². The highest BCUT2D eigenvalue weighted by molar-refractivity contribution is 7.90. The van der Waals surface area contributed by atoms with Crippen LogP contribution in [0.3, 0.4) is 0 Å². The van der Waals surface area contributed by atoms with Crippen LogP contribution >= 0.6 is 0 Å². The fourth-order valence-corrected chi connectivity index (χ4v) is 2.73. The summed E-state index contributed by atoms with van der Waals surface area (Å²) in [5, 5.41) is 8.88. The molecule has 6 nitrogen and oxygen atoms in total. The van der Waals surface area contributed by atoms with Crippen molar-refractivity contribution in [2.24, 2.45) is 0 Å². The van der Waals surface area contributed by atoms with Crippen molar-refractivity contribution in [3.63, 3.8) is 0 Å². The van der Waals surface area contributed by atoms with E-state index in [0.29, 0.717) is 5.56 Å². The Hall–Kier alpha value is -2.10. The van der Waals surface area contributed by atoms with Crippen LogP contribution in [0.1, 0.15) is 24.0 Å². The summed E-state index contributed by atoms with van der Waals surface area (Å²) in [7, 11) is -3.24. The zero-order valence-electron chi connectivity index (χ0n) is 13.4. The lowest BCUT2D eigenvalue weighted by Crippen LogP contribution is -2.35. The van der Waals surface area contributed by atoms with Gasteiger partial charge in [-0.25, -0.2) is 8.42 Å². The first-order valence-electron chi connectivity index (χ1n) is 7.22. The van der Waals surface area contributed by atoms with E-state index >= 15 is 0 Å². The Morgan fingerprint density at radius 2 is 1.72 bits per heavy atom. The molecule has 1 N–H and O–H groups in total. The number of amides is 1. The third kappa shape index (κ3) is 8.01. The van der Waals surface area contributed by atoms with E-state index in [0.717, 1.165) is 23.3 Å². The third-order valence-electron chi connectivity index (χ3n) is 3.24. The van der Waals surface area contributed by atoms with E-state index in [9.17, 15) is 31.2 Å². The maximum Gasteiger partial charge on any atom is 0.416 e. The van der Waals surface area contributed by atoms with Crippen molar-refractivity contribution in [2.45, 2.75) is 25.6 Å². The zero-order valence-corrected chi connectivity index (χ0v) is 14.2. The van der Waals surface area contributed by atoms with Crippen LogP contribution in [-0.2, 0) is 32.1 Å². The van der Waals surface area contributed by atoms with Gasteiger partial charge in [-0.15, -0.1) is 0 Å². The van der Waals surface area contributed by atoms with Gasteiger partial charge in [0, 0.05) is 19.2 Å². The number of carbonyl (C=O) groups excluding carboxylic acids is 1. The molecule has 0 aliphatic rings. The number of carboxylic acids is 1. The molecule has 0 aromatic heterocycles. The lowest BCUT2D eigenvalue weighted by Gasteiger charge is -2.21. The normalized spacial score (nSPS) is 12.0.